The molecule has 16 heavy (non-hydrogen) atoms. The molecule has 1 aromatic rings. The van der Waals surface area contributed by atoms with Crippen molar-refractivity contribution in [2.75, 3.05) is 0 Å². The van der Waals surface area contributed by atoms with Crippen LogP contribution in [0.2, 0.25) is 0 Å². The van der Waals surface area contributed by atoms with Gasteiger partial charge in [0.15, 0.2) is 0 Å². The summed E-state index contributed by atoms with van der Waals surface area (Å²) in [5, 5.41) is 10.1. The van der Waals surface area contributed by atoms with Gasteiger partial charge in [-0.25, -0.2) is 0 Å². The molecule has 0 bridgehead atoms. The molecule has 0 radical (unpaired) electrons. The maximum absolute atomic E-state index is 10.1. The number of rotatable bonds is 2. The first kappa shape index (κ1) is 11.9. The molecule has 0 amide bonds. The van der Waals surface area contributed by atoms with E-state index in [-0.39, 0.29) is 6.04 Å². The fourth-order valence-corrected chi connectivity index (χ4v) is 3.18. The molecular formula is C13H18BrNO. The molecular weight excluding hydrogens is 266 g/mol. The number of aromatic hydroxyl groups is 1. The van der Waals surface area contributed by atoms with Crippen molar-refractivity contribution in [1.82, 2.24) is 0 Å². The van der Waals surface area contributed by atoms with E-state index in [2.05, 4.69) is 15.9 Å². The number of halogens is 1. The highest BCUT2D eigenvalue weighted by molar-refractivity contribution is 9.10. The molecule has 0 aliphatic heterocycles. The number of aryl methyl sites for hydroxylation is 1. The van der Waals surface area contributed by atoms with Crippen molar-refractivity contribution in [2.45, 2.75) is 38.6 Å². The second kappa shape index (κ2) is 4.76. The van der Waals surface area contributed by atoms with Crippen molar-refractivity contribution in [3.05, 3.63) is 27.7 Å². The van der Waals surface area contributed by atoms with Crippen molar-refractivity contribution < 1.29 is 5.11 Å². The van der Waals surface area contributed by atoms with Gasteiger partial charge in [0.2, 0.25) is 0 Å². The van der Waals surface area contributed by atoms with Crippen LogP contribution in [0.15, 0.2) is 16.6 Å². The van der Waals surface area contributed by atoms with E-state index in [1.165, 1.54) is 25.7 Å². The third-order valence-corrected chi connectivity index (χ3v) is 4.02. The number of hydrogen-bond acceptors (Lipinski definition) is 2. The molecule has 1 aliphatic carbocycles. The molecule has 0 heterocycles. The van der Waals surface area contributed by atoms with Crippen LogP contribution in [0.25, 0.3) is 0 Å². The normalized spacial score (nSPS) is 18.9. The van der Waals surface area contributed by atoms with E-state index in [4.69, 9.17) is 5.73 Å². The summed E-state index contributed by atoms with van der Waals surface area (Å²) < 4.78 is 0.992. The summed E-state index contributed by atoms with van der Waals surface area (Å²) in [6.45, 7) is 1.91. The van der Waals surface area contributed by atoms with Crippen LogP contribution in [-0.4, -0.2) is 5.11 Å². The van der Waals surface area contributed by atoms with Gasteiger partial charge in [0, 0.05) is 16.1 Å². The fourth-order valence-electron chi connectivity index (χ4n) is 2.59. The minimum Gasteiger partial charge on any atom is -0.507 e. The molecule has 0 saturated heterocycles. The predicted molar refractivity (Wildman–Crippen MR) is 69.4 cm³/mol. The molecule has 0 spiro atoms. The fraction of sp³-hybridized carbons (Fsp3) is 0.538. The average Bonchev–Trinajstić information content (AvgIpc) is 2.75. The Morgan fingerprint density at radius 2 is 2.00 bits per heavy atom. The molecule has 1 aromatic carbocycles. The van der Waals surface area contributed by atoms with E-state index >= 15 is 0 Å². The molecule has 2 nitrogen and oxygen atoms in total. The van der Waals surface area contributed by atoms with E-state index < -0.39 is 0 Å². The maximum Gasteiger partial charge on any atom is 0.123 e. The third-order valence-electron chi connectivity index (χ3n) is 3.56. The standard InChI is InChI=1S/C13H18BrNO/c1-8-6-10(14)7-11(13(8)16)12(15)9-4-2-3-5-9/h6-7,9,12,16H,2-5,15H2,1H3/t12-/m1/s1. The van der Waals surface area contributed by atoms with Gasteiger partial charge in [0.25, 0.3) is 0 Å². The van der Waals surface area contributed by atoms with Crippen LogP contribution in [0.3, 0.4) is 0 Å². The number of phenols is 1. The Kier molecular flexibility index (Phi) is 3.55. The topological polar surface area (TPSA) is 46.2 Å². The molecule has 1 aliphatic rings. The van der Waals surface area contributed by atoms with Gasteiger partial charge in [-0.1, -0.05) is 28.8 Å². The van der Waals surface area contributed by atoms with Crippen LogP contribution in [-0.2, 0) is 0 Å². The van der Waals surface area contributed by atoms with E-state index in [9.17, 15) is 5.11 Å². The lowest BCUT2D eigenvalue weighted by molar-refractivity contribution is 0.410. The highest BCUT2D eigenvalue weighted by atomic mass is 79.9. The summed E-state index contributed by atoms with van der Waals surface area (Å²) in [6, 6.07) is 3.84. The monoisotopic (exact) mass is 283 g/mol. The molecule has 3 N–H and O–H groups in total. The molecule has 1 atom stereocenters. The Morgan fingerprint density at radius 1 is 1.38 bits per heavy atom. The number of hydrogen-bond donors (Lipinski definition) is 2. The van der Waals surface area contributed by atoms with Gasteiger partial charge < -0.3 is 10.8 Å². The minimum absolute atomic E-state index is 0.0290. The van der Waals surface area contributed by atoms with Crippen LogP contribution in [0, 0.1) is 12.8 Å². The van der Waals surface area contributed by atoms with Crippen LogP contribution in [0.5, 0.6) is 5.75 Å². The quantitative estimate of drug-likeness (QED) is 0.870. The van der Waals surface area contributed by atoms with Gasteiger partial charge in [-0.15, -0.1) is 0 Å². The van der Waals surface area contributed by atoms with Crippen LogP contribution < -0.4 is 5.73 Å². The Balaban J connectivity index is 2.31. The number of benzene rings is 1. The summed E-state index contributed by atoms with van der Waals surface area (Å²) in [4.78, 5) is 0. The molecule has 2 rings (SSSR count). The zero-order valence-electron chi connectivity index (χ0n) is 9.54. The lowest BCUT2D eigenvalue weighted by Crippen LogP contribution is -2.19. The van der Waals surface area contributed by atoms with Crippen LogP contribution in [0.4, 0.5) is 0 Å². The van der Waals surface area contributed by atoms with Gasteiger partial charge in [-0.05, 0) is 43.4 Å². The molecule has 0 unspecified atom stereocenters. The molecule has 1 fully saturated rings. The zero-order valence-corrected chi connectivity index (χ0v) is 11.1. The van der Waals surface area contributed by atoms with Crippen molar-refractivity contribution in [1.29, 1.82) is 0 Å². The first-order valence-electron chi connectivity index (χ1n) is 5.84. The van der Waals surface area contributed by atoms with Crippen molar-refractivity contribution >= 4 is 15.9 Å². The van der Waals surface area contributed by atoms with Gasteiger partial charge >= 0.3 is 0 Å². The average molecular weight is 284 g/mol. The maximum atomic E-state index is 10.1. The Hall–Kier alpha value is -0.540. The predicted octanol–water partition coefficient (Wildman–Crippen LogP) is 3.65. The Morgan fingerprint density at radius 3 is 2.62 bits per heavy atom. The SMILES string of the molecule is Cc1cc(Br)cc([C@H](N)C2CCCC2)c1O. The number of nitrogens with two attached hydrogens (primary N) is 1. The summed E-state index contributed by atoms with van der Waals surface area (Å²) in [5.41, 5.74) is 8.03. The molecule has 3 heteroatoms. The molecule has 0 aromatic heterocycles. The summed E-state index contributed by atoms with van der Waals surface area (Å²) in [6.07, 6.45) is 4.91. The summed E-state index contributed by atoms with van der Waals surface area (Å²) in [7, 11) is 0. The van der Waals surface area contributed by atoms with Gasteiger partial charge in [-0.3, -0.25) is 0 Å². The van der Waals surface area contributed by atoms with Crippen molar-refractivity contribution in [3.63, 3.8) is 0 Å². The third kappa shape index (κ3) is 2.25. The molecule has 1 saturated carbocycles. The van der Waals surface area contributed by atoms with Crippen LogP contribution >= 0.6 is 15.9 Å². The first-order chi connectivity index (χ1) is 7.59. The Labute approximate surface area is 105 Å². The van der Waals surface area contributed by atoms with Gasteiger partial charge in [0.1, 0.15) is 5.75 Å². The summed E-state index contributed by atoms with van der Waals surface area (Å²) >= 11 is 3.46. The van der Waals surface area contributed by atoms with Gasteiger partial charge in [0.05, 0.1) is 0 Å². The number of phenolic OH excluding ortho intramolecular Hbond substituents is 1. The van der Waals surface area contributed by atoms with E-state index in [0.717, 1.165) is 15.6 Å². The van der Waals surface area contributed by atoms with E-state index in [1.807, 2.05) is 19.1 Å². The van der Waals surface area contributed by atoms with E-state index in [0.29, 0.717) is 11.7 Å². The van der Waals surface area contributed by atoms with Crippen LogP contribution in [0.1, 0.15) is 42.9 Å². The highest BCUT2D eigenvalue weighted by Gasteiger charge is 2.25. The first-order valence-corrected chi connectivity index (χ1v) is 6.63. The molecule has 88 valence electrons. The van der Waals surface area contributed by atoms with Crippen molar-refractivity contribution in [2.24, 2.45) is 11.7 Å². The second-order valence-electron chi connectivity index (χ2n) is 4.73. The van der Waals surface area contributed by atoms with E-state index in [1.54, 1.807) is 0 Å². The lowest BCUT2D eigenvalue weighted by atomic mass is 9.91. The minimum atomic E-state index is -0.0290. The second-order valence-corrected chi connectivity index (χ2v) is 5.65. The summed E-state index contributed by atoms with van der Waals surface area (Å²) in [5.74, 6) is 0.891. The van der Waals surface area contributed by atoms with Gasteiger partial charge in [-0.2, -0.15) is 0 Å². The lowest BCUT2D eigenvalue weighted by Gasteiger charge is -2.21. The zero-order chi connectivity index (χ0) is 11.7. The highest BCUT2D eigenvalue weighted by Crippen LogP contribution is 2.39. The van der Waals surface area contributed by atoms with Crippen molar-refractivity contribution in [3.8, 4) is 5.75 Å². The smallest absolute Gasteiger partial charge is 0.123 e. The largest absolute Gasteiger partial charge is 0.507 e. The Bertz CT molecular complexity index is 386.